The minimum Gasteiger partial charge on any atom is -0.454 e. The fraction of sp³-hybridized carbons (Fsp3) is 0.231. The lowest BCUT2D eigenvalue weighted by Gasteiger charge is -2.27. The van der Waals surface area contributed by atoms with Crippen molar-refractivity contribution in [2.24, 2.45) is 11.7 Å². The number of furan rings is 2. The minimum absolute atomic E-state index is 0.408. The normalized spacial score (nSPS) is 12.1. The Bertz CT molecular complexity index is 711. The number of carbonyl (C=O) groups excluding carboxylic acids is 2. The van der Waals surface area contributed by atoms with Gasteiger partial charge in [-0.15, -0.1) is 0 Å². The van der Waals surface area contributed by atoms with E-state index < -0.39 is 46.4 Å². The Labute approximate surface area is 132 Å². The van der Waals surface area contributed by atoms with Crippen LogP contribution in [0.1, 0.15) is 39.6 Å². The van der Waals surface area contributed by atoms with Crippen molar-refractivity contribution in [2.45, 2.75) is 18.5 Å². The number of hydrogen-bond donors (Lipinski definition) is 4. The third-order valence-corrected chi connectivity index (χ3v) is 3.47. The SMILES string of the molecule is CC(c1ccc(C(=O)NN)o1)(c1ccc(C(=O)NN)o1)C(F)(F)F. The zero-order chi connectivity index (χ0) is 18.1. The van der Waals surface area contributed by atoms with Crippen molar-refractivity contribution in [3.63, 3.8) is 0 Å². The number of halogens is 3. The number of amides is 2. The van der Waals surface area contributed by atoms with Crippen LogP contribution in [0.5, 0.6) is 0 Å². The first-order valence-corrected chi connectivity index (χ1v) is 6.44. The lowest BCUT2D eigenvalue weighted by molar-refractivity contribution is -0.181. The van der Waals surface area contributed by atoms with E-state index in [0.29, 0.717) is 0 Å². The van der Waals surface area contributed by atoms with Gasteiger partial charge in [0.15, 0.2) is 16.9 Å². The quantitative estimate of drug-likeness (QED) is 0.370. The summed E-state index contributed by atoms with van der Waals surface area (Å²) in [6.07, 6.45) is -4.85. The molecule has 2 heterocycles. The summed E-state index contributed by atoms with van der Waals surface area (Å²) in [6.45, 7) is 0.791. The first kappa shape index (κ1) is 17.6. The highest BCUT2D eigenvalue weighted by atomic mass is 19.4. The van der Waals surface area contributed by atoms with Crippen LogP contribution in [0.4, 0.5) is 13.2 Å². The smallest absolute Gasteiger partial charge is 0.408 e. The van der Waals surface area contributed by atoms with Crippen molar-refractivity contribution in [3.8, 4) is 0 Å². The first-order chi connectivity index (χ1) is 11.1. The second-order valence-electron chi connectivity index (χ2n) is 4.90. The molecule has 0 aromatic carbocycles. The van der Waals surface area contributed by atoms with E-state index in [2.05, 4.69) is 0 Å². The maximum absolute atomic E-state index is 13.7. The van der Waals surface area contributed by atoms with Crippen LogP contribution in [0, 0.1) is 0 Å². The fourth-order valence-corrected chi connectivity index (χ4v) is 2.00. The van der Waals surface area contributed by atoms with Crippen LogP contribution in [-0.2, 0) is 5.41 Å². The van der Waals surface area contributed by atoms with Crippen molar-refractivity contribution >= 4 is 11.8 Å². The summed E-state index contributed by atoms with van der Waals surface area (Å²) in [6, 6.07) is 4.03. The van der Waals surface area contributed by atoms with E-state index in [1.54, 1.807) is 10.9 Å². The van der Waals surface area contributed by atoms with Crippen LogP contribution < -0.4 is 22.5 Å². The highest BCUT2D eigenvalue weighted by molar-refractivity contribution is 5.91. The molecule has 130 valence electrons. The van der Waals surface area contributed by atoms with Crippen molar-refractivity contribution in [1.29, 1.82) is 0 Å². The molecule has 0 atom stereocenters. The van der Waals surface area contributed by atoms with Crippen LogP contribution in [0.2, 0.25) is 0 Å². The molecule has 0 saturated carbocycles. The number of alkyl halides is 3. The standard InChI is InChI=1S/C13H13F3N4O4/c1-12(13(14,15)16,8-4-2-6(23-8)10(21)19-17)9-5-3-7(24-9)11(22)20-18/h2-5H,17-18H2,1H3,(H,19,21)(H,20,22). The number of nitrogens with one attached hydrogen (secondary N) is 2. The third-order valence-electron chi connectivity index (χ3n) is 3.47. The summed E-state index contributed by atoms with van der Waals surface area (Å²) in [5.41, 5.74) is 0.751. The second kappa shape index (κ2) is 6.02. The average molecular weight is 346 g/mol. The molecule has 0 aliphatic carbocycles. The van der Waals surface area contributed by atoms with Gasteiger partial charge in [0.2, 0.25) is 0 Å². The van der Waals surface area contributed by atoms with Crippen LogP contribution in [-0.4, -0.2) is 18.0 Å². The Morgan fingerprint density at radius 2 is 1.29 bits per heavy atom. The van der Waals surface area contributed by atoms with Crippen LogP contribution >= 0.6 is 0 Å². The van der Waals surface area contributed by atoms with E-state index in [0.717, 1.165) is 31.2 Å². The van der Waals surface area contributed by atoms with Crippen molar-refractivity contribution < 1.29 is 31.6 Å². The zero-order valence-corrected chi connectivity index (χ0v) is 12.2. The van der Waals surface area contributed by atoms with E-state index in [1.807, 2.05) is 0 Å². The van der Waals surface area contributed by atoms with Gasteiger partial charge in [0.05, 0.1) is 0 Å². The Morgan fingerprint density at radius 3 is 1.58 bits per heavy atom. The summed E-state index contributed by atoms with van der Waals surface area (Å²) in [5, 5.41) is 0. The lowest BCUT2D eigenvalue weighted by Crippen LogP contribution is -2.40. The molecule has 0 radical (unpaired) electrons. The van der Waals surface area contributed by atoms with Crippen molar-refractivity contribution in [1.82, 2.24) is 10.9 Å². The average Bonchev–Trinajstić information content (AvgIpc) is 3.21. The molecular formula is C13H13F3N4O4. The number of rotatable bonds is 4. The summed E-state index contributed by atoms with van der Waals surface area (Å²) in [4.78, 5) is 22.7. The van der Waals surface area contributed by atoms with Crippen LogP contribution in [0.25, 0.3) is 0 Å². The number of nitrogen functional groups attached to an aromatic ring is 2. The Hall–Kier alpha value is -2.79. The molecule has 24 heavy (non-hydrogen) atoms. The molecule has 2 amide bonds. The minimum atomic E-state index is -4.85. The molecule has 2 aromatic rings. The number of hydrogen-bond acceptors (Lipinski definition) is 6. The molecule has 0 saturated heterocycles. The highest BCUT2D eigenvalue weighted by Gasteiger charge is 2.58. The van der Waals surface area contributed by atoms with E-state index in [1.165, 1.54) is 0 Å². The number of hydrazine groups is 2. The molecule has 6 N–H and O–H groups in total. The van der Waals surface area contributed by atoms with Crippen LogP contribution in [0.15, 0.2) is 33.1 Å². The summed E-state index contributed by atoms with van der Waals surface area (Å²) in [7, 11) is 0. The molecule has 2 aromatic heterocycles. The van der Waals surface area contributed by atoms with Crippen LogP contribution in [0.3, 0.4) is 0 Å². The molecule has 0 aliphatic heterocycles. The topological polar surface area (TPSA) is 137 Å². The summed E-state index contributed by atoms with van der Waals surface area (Å²) >= 11 is 0. The van der Waals surface area contributed by atoms with Gasteiger partial charge in [-0.25, -0.2) is 11.7 Å². The monoisotopic (exact) mass is 346 g/mol. The molecule has 0 unspecified atom stereocenters. The van der Waals surface area contributed by atoms with Crippen molar-refractivity contribution in [2.75, 3.05) is 0 Å². The predicted octanol–water partition coefficient (Wildman–Crippen LogP) is 0.948. The zero-order valence-electron chi connectivity index (χ0n) is 12.2. The number of carbonyl (C=O) groups is 2. The third kappa shape index (κ3) is 2.74. The molecule has 8 nitrogen and oxygen atoms in total. The molecule has 2 rings (SSSR count). The Kier molecular flexibility index (Phi) is 4.40. The molecule has 11 heteroatoms. The number of nitrogens with two attached hydrogens (primary N) is 2. The fourth-order valence-electron chi connectivity index (χ4n) is 2.00. The molecule has 0 aliphatic rings. The van der Waals surface area contributed by atoms with Gasteiger partial charge in [-0.3, -0.25) is 20.4 Å². The van der Waals surface area contributed by atoms with Crippen molar-refractivity contribution in [3.05, 3.63) is 47.3 Å². The van der Waals surface area contributed by atoms with Gasteiger partial charge >= 0.3 is 18.0 Å². The molecule has 0 bridgehead atoms. The Balaban J connectivity index is 2.55. The van der Waals surface area contributed by atoms with E-state index in [-0.39, 0.29) is 0 Å². The molecular weight excluding hydrogens is 333 g/mol. The van der Waals surface area contributed by atoms with Gasteiger partial charge in [-0.05, 0) is 31.2 Å². The second-order valence-corrected chi connectivity index (χ2v) is 4.90. The largest absolute Gasteiger partial charge is 0.454 e. The maximum Gasteiger partial charge on any atom is 0.408 e. The Morgan fingerprint density at radius 1 is 0.917 bits per heavy atom. The molecule has 0 fully saturated rings. The summed E-state index contributed by atoms with van der Waals surface area (Å²) < 4.78 is 51.0. The van der Waals surface area contributed by atoms with Gasteiger partial charge in [-0.2, -0.15) is 13.2 Å². The van der Waals surface area contributed by atoms with E-state index >= 15 is 0 Å². The van der Waals surface area contributed by atoms with Gasteiger partial charge in [0, 0.05) is 0 Å². The van der Waals surface area contributed by atoms with E-state index in [9.17, 15) is 22.8 Å². The van der Waals surface area contributed by atoms with Gasteiger partial charge in [-0.1, -0.05) is 0 Å². The summed E-state index contributed by atoms with van der Waals surface area (Å²) in [5.74, 6) is 6.01. The van der Waals surface area contributed by atoms with Gasteiger partial charge in [0.1, 0.15) is 11.5 Å². The highest BCUT2D eigenvalue weighted by Crippen LogP contribution is 2.47. The van der Waals surface area contributed by atoms with Gasteiger partial charge < -0.3 is 8.83 Å². The van der Waals surface area contributed by atoms with E-state index in [4.69, 9.17) is 20.5 Å². The first-order valence-electron chi connectivity index (χ1n) is 6.44. The van der Waals surface area contributed by atoms with Gasteiger partial charge in [0.25, 0.3) is 0 Å². The predicted molar refractivity (Wildman–Crippen MR) is 73.2 cm³/mol. The lowest BCUT2D eigenvalue weighted by atomic mass is 9.84. The maximum atomic E-state index is 13.7. The molecule has 0 spiro atoms.